The van der Waals surface area contributed by atoms with Crippen molar-refractivity contribution in [3.8, 4) is 0 Å². The molecule has 2 heteroatoms. The van der Waals surface area contributed by atoms with Crippen LogP contribution in [0.5, 0.6) is 0 Å². The molecule has 0 aromatic carbocycles. The van der Waals surface area contributed by atoms with Gasteiger partial charge in [-0.3, -0.25) is 0 Å². The van der Waals surface area contributed by atoms with Crippen molar-refractivity contribution in [1.29, 1.82) is 0 Å². The van der Waals surface area contributed by atoms with Crippen LogP contribution in [0.3, 0.4) is 0 Å². The van der Waals surface area contributed by atoms with E-state index in [1.807, 2.05) is 0 Å². The highest BCUT2D eigenvalue weighted by atomic mass is 16.5. The minimum absolute atomic E-state index is 0.760. The van der Waals surface area contributed by atoms with Crippen molar-refractivity contribution >= 4 is 0 Å². The summed E-state index contributed by atoms with van der Waals surface area (Å²) in [4.78, 5) is 0. The standard InChI is InChI=1S/C13H27NO/c1-12(2)8-10-15-11-9-14-13-6-4-3-5-7-13/h12-14H,3-11H2,1-2H3. The van der Waals surface area contributed by atoms with Crippen LogP contribution in [0, 0.1) is 5.92 Å². The smallest absolute Gasteiger partial charge is 0.0591 e. The summed E-state index contributed by atoms with van der Waals surface area (Å²) >= 11 is 0. The van der Waals surface area contributed by atoms with Crippen LogP contribution in [-0.2, 0) is 4.74 Å². The first-order valence-electron chi connectivity index (χ1n) is 6.60. The fourth-order valence-electron chi connectivity index (χ4n) is 2.06. The zero-order valence-electron chi connectivity index (χ0n) is 10.4. The van der Waals surface area contributed by atoms with Gasteiger partial charge in [0, 0.05) is 19.2 Å². The molecule has 1 aliphatic rings. The van der Waals surface area contributed by atoms with E-state index >= 15 is 0 Å². The lowest BCUT2D eigenvalue weighted by Crippen LogP contribution is -2.33. The molecular formula is C13H27NO. The Morgan fingerprint density at radius 2 is 1.87 bits per heavy atom. The van der Waals surface area contributed by atoms with Crippen LogP contribution in [0.4, 0.5) is 0 Å². The average Bonchev–Trinajstić information content (AvgIpc) is 2.24. The lowest BCUT2D eigenvalue weighted by Gasteiger charge is -2.22. The summed E-state index contributed by atoms with van der Waals surface area (Å²) in [7, 11) is 0. The third-order valence-corrected chi connectivity index (χ3v) is 3.12. The van der Waals surface area contributed by atoms with E-state index in [2.05, 4.69) is 19.2 Å². The minimum atomic E-state index is 0.760. The Bertz CT molecular complexity index is 141. The molecule has 1 fully saturated rings. The summed E-state index contributed by atoms with van der Waals surface area (Å²) in [5.74, 6) is 0.760. The molecule has 1 saturated carbocycles. The molecule has 0 aromatic rings. The Labute approximate surface area is 94.8 Å². The molecule has 1 N–H and O–H groups in total. The maximum absolute atomic E-state index is 5.57. The van der Waals surface area contributed by atoms with Gasteiger partial charge in [0.15, 0.2) is 0 Å². The van der Waals surface area contributed by atoms with E-state index in [0.717, 1.165) is 31.7 Å². The third kappa shape index (κ3) is 6.91. The van der Waals surface area contributed by atoms with Crippen LogP contribution in [0.1, 0.15) is 52.4 Å². The van der Waals surface area contributed by atoms with Gasteiger partial charge < -0.3 is 10.1 Å². The molecule has 1 aliphatic carbocycles. The second kappa shape index (κ2) is 8.12. The molecule has 0 bridgehead atoms. The topological polar surface area (TPSA) is 21.3 Å². The van der Waals surface area contributed by atoms with Crippen LogP contribution >= 0.6 is 0 Å². The predicted molar refractivity (Wildman–Crippen MR) is 65.1 cm³/mol. The molecule has 0 unspecified atom stereocenters. The normalized spacial score (nSPS) is 18.6. The first-order chi connectivity index (χ1) is 7.29. The highest BCUT2D eigenvalue weighted by molar-refractivity contribution is 4.71. The van der Waals surface area contributed by atoms with Crippen LogP contribution < -0.4 is 5.32 Å². The van der Waals surface area contributed by atoms with Crippen molar-refractivity contribution in [3.05, 3.63) is 0 Å². The molecule has 1 rings (SSSR count). The molecule has 2 nitrogen and oxygen atoms in total. The minimum Gasteiger partial charge on any atom is -0.380 e. The Morgan fingerprint density at radius 3 is 2.53 bits per heavy atom. The SMILES string of the molecule is CC(C)CCOCCNC1CCCCC1. The zero-order chi connectivity index (χ0) is 10.9. The lowest BCUT2D eigenvalue weighted by atomic mass is 9.96. The monoisotopic (exact) mass is 213 g/mol. The maximum Gasteiger partial charge on any atom is 0.0591 e. The van der Waals surface area contributed by atoms with Gasteiger partial charge in [-0.1, -0.05) is 33.1 Å². The van der Waals surface area contributed by atoms with Gasteiger partial charge in [0.05, 0.1) is 6.61 Å². The van der Waals surface area contributed by atoms with Crippen molar-refractivity contribution in [2.45, 2.75) is 58.4 Å². The van der Waals surface area contributed by atoms with Gasteiger partial charge in [-0.25, -0.2) is 0 Å². The Kier molecular flexibility index (Phi) is 7.03. The molecule has 0 aromatic heterocycles. The molecular weight excluding hydrogens is 186 g/mol. The first-order valence-corrected chi connectivity index (χ1v) is 6.60. The van der Waals surface area contributed by atoms with E-state index in [0.29, 0.717) is 0 Å². The maximum atomic E-state index is 5.57. The number of hydrogen-bond acceptors (Lipinski definition) is 2. The molecule has 90 valence electrons. The molecule has 0 radical (unpaired) electrons. The zero-order valence-corrected chi connectivity index (χ0v) is 10.4. The molecule has 15 heavy (non-hydrogen) atoms. The summed E-state index contributed by atoms with van der Waals surface area (Å²) in [5.41, 5.74) is 0. The molecule has 0 atom stereocenters. The van der Waals surface area contributed by atoms with Crippen molar-refractivity contribution < 1.29 is 4.74 Å². The van der Waals surface area contributed by atoms with E-state index in [4.69, 9.17) is 4.74 Å². The second-order valence-corrected chi connectivity index (χ2v) is 5.08. The van der Waals surface area contributed by atoms with Crippen LogP contribution in [0.2, 0.25) is 0 Å². The van der Waals surface area contributed by atoms with Gasteiger partial charge in [0.2, 0.25) is 0 Å². The largest absolute Gasteiger partial charge is 0.380 e. The quantitative estimate of drug-likeness (QED) is 0.656. The third-order valence-electron chi connectivity index (χ3n) is 3.12. The highest BCUT2D eigenvalue weighted by Gasteiger charge is 2.11. The van der Waals surface area contributed by atoms with Gasteiger partial charge in [-0.2, -0.15) is 0 Å². The van der Waals surface area contributed by atoms with Gasteiger partial charge >= 0.3 is 0 Å². The van der Waals surface area contributed by atoms with Gasteiger partial charge in [0.1, 0.15) is 0 Å². The van der Waals surface area contributed by atoms with E-state index in [-0.39, 0.29) is 0 Å². The van der Waals surface area contributed by atoms with Crippen LogP contribution in [0.15, 0.2) is 0 Å². The second-order valence-electron chi connectivity index (χ2n) is 5.08. The molecule has 0 spiro atoms. The number of ether oxygens (including phenoxy) is 1. The average molecular weight is 213 g/mol. The Balaban J connectivity index is 1.83. The van der Waals surface area contributed by atoms with Gasteiger partial charge in [-0.15, -0.1) is 0 Å². The molecule has 0 heterocycles. The van der Waals surface area contributed by atoms with Gasteiger partial charge in [-0.05, 0) is 25.2 Å². The number of rotatable bonds is 7. The summed E-state index contributed by atoms with van der Waals surface area (Å²) in [6.07, 6.45) is 8.17. The summed E-state index contributed by atoms with van der Waals surface area (Å²) < 4.78 is 5.57. The Morgan fingerprint density at radius 1 is 1.13 bits per heavy atom. The van der Waals surface area contributed by atoms with Crippen molar-refractivity contribution in [1.82, 2.24) is 5.32 Å². The van der Waals surface area contributed by atoms with Crippen LogP contribution in [-0.4, -0.2) is 25.8 Å². The van der Waals surface area contributed by atoms with E-state index in [9.17, 15) is 0 Å². The summed E-state index contributed by atoms with van der Waals surface area (Å²) in [6.45, 7) is 7.31. The van der Waals surface area contributed by atoms with Crippen LogP contribution in [0.25, 0.3) is 0 Å². The first kappa shape index (κ1) is 13.0. The van der Waals surface area contributed by atoms with Crippen molar-refractivity contribution in [2.24, 2.45) is 5.92 Å². The van der Waals surface area contributed by atoms with E-state index in [1.54, 1.807) is 0 Å². The molecule has 0 amide bonds. The lowest BCUT2D eigenvalue weighted by molar-refractivity contribution is 0.122. The predicted octanol–water partition coefficient (Wildman–Crippen LogP) is 2.97. The summed E-state index contributed by atoms with van der Waals surface area (Å²) in [5, 5.41) is 3.58. The van der Waals surface area contributed by atoms with Crippen molar-refractivity contribution in [3.63, 3.8) is 0 Å². The summed E-state index contributed by atoms with van der Waals surface area (Å²) in [6, 6.07) is 0.771. The van der Waals surface area contributed by atoms with Crippen molar-refractivity contribution in [2.75, 3.05) is 19.8 Å². The highest BCUT2D eigenvalue weighted by Crippen LogP contribution is 2.16. The van der Waals surface area contributed by atoms with Gasteiger partial charge in [0.25, 0.3) is 0 Å². The molecule has 0 saturated heterocycles. The molecule has 0 aliphatic heterocycles. The van der Waals surface area contributed by atoms with E-state index < -0.39 is 0 Å². The Hall–Kier alpha value is -0.0800. The fourth-order valence-corrected chi connectivity index (χ4v) is 2.06. The fraction of sp³-hybridized carbons (Fsp3) is 1.00. The number of nitrogens with one attached hydrogen (secondary N) is 1. The van der Waals surface area contributed by atoms with E-state index in [1.165, 1.54) is 38.5 Å². The number of hydrogen-bond donors (Lipinski definition) is 1.